The molecule has 2 aromatic rings. The number of hydrogen-bond donors (Lipinski definition) is 4. The number of nitrogens with one attached hydrogen (secondary N) is 2. The van der Waals surface area contributed by atoms with Crippen molar-refractivity contribution in [1.29, 1.82) is 0 Å². The fraction of sp³-hybridized carbons (Fsp3) is 0.450. The van der Waals surface area contributed by atoms with Crippen LogP contribution in [0.4, 0.5) is 0 Å². The van der Waals surface area contributed by atoms with Gasteiger partial charge in [0.25, 0.3) is 0 Å². The largest absolute Gasteiger partial charge is 0.475 e. The highest BCUT2D eigenvalue weighted by Gasteiger charge is 2.55. The minimum atomic E-state index is -1.74. The summed E-state index contributed by atoms with van der Waals surface area (Å²) >= 11 is 0. The van der Waals surface area contributed by atoms with Crippen molar-refractivity contribution in [1.82, 2.24) is 10.6 Å². The smallest absolute Gasteiger partial charge is 0.467 e. The van der Waals surface area contributed by atoms with Crippen molar-refractivity contribution in [2.75, 3.05) is 0 Å². The van der Waals surface area contributed by atoms with Crippen molar-refractivity contribution in [3.63, 3.8) is 0 Å². The molecule has 9 nitrogen and oxygen atoms in total. The number of carbonyl (C=O) groups is 1. The highest BCUT2D eigenvalue weighted by Crippen LogP contribution is 2.40. The number of amides is 1. The Bertz CT molecular complexity index is 845. The van der Waals surface area contributed by atoms with E-state index in [-0.39, 0.29) is 5.92 Å². The van der Waals surface area contributed by atoms with E-state index in [9.17, 15) is 25.0 Å². The highest BCUT2D eigenvalue weighted by molar-refractivity contribution is 6.43. The van der Waals surface area contributed by atoms with Gasteiger partial charge < -0.3 is 19.8 Å². The molecule has 1 amide bonds. The van der Waals surface area contributed by atoms with Gasteiger partial charge in [0.05, 0.1) is 18.1 Å². The second-order valence-corrected chi connectivity index (χ2v) is 8.01. The summed E-state index contributed by atoms with van der Waals surface area (Å²) in [4.78, 5) is 24.8. The average molecular weight is 415 g/mol. The molecule has 10 heteroatoms. The van der Waals surface area contributed by atoms with Gasteiger partial charge in [-0.1, -0.05) is 44.2 Å². The first-order chi connectivity index (χ1) is 14.3. The Hall–Kier alpha value is -2.69. The highest BCUT2D eigenvalue weighted by atomic mass is 16.6. The molecule has 0 spiro atoms. The Morgan fingerprint density at radius 2 is 1.97 bits per heavy atom. The molecule has 1 aromatic carbocycles. The molecule has 1 saturated heterocycles. The third-order valence-corrected chi connectivity index (χ3v) is 5.40. The number of nitrogens with zero attached hydrogens (tertiary/aromatic N) is 1. The molecular weight excluding hydrogens is 389 g/mol. The predicted octanol–water partition coefficient (Wildman–Crippen LogP) is 1.26. The Labute approximate surface area is 174 Å². The summed E-state index contributed by atoms with van der Waals surface area (Å²) in [6.07, 6.45) is 1.78. The minimum absolute atomic E-state index is 0.112. The lowest BCUT2D eigenvalue weighted by Crippen LogP contribution is -2.53. The van der Waals surface area contributed by atoms with Gasteiger partial charge in [0, 0.05) is 4.92 Å². The van der Waals surface area contributed by atoms with Crippen LogP contribution >= 0.6 is 0 Å². The molecule has 0 radical (unpaired) electrons. The molecule has 1 aliphatic rings. The molecule has 30 heavy (non-hydrogen) atoms. The summed E-state index contributed by atoms with van der Waals surface area (Å²) in [5.41, 5.74) is 0.644. The summed E-state index contributed by atoms with van der Waals surface area (Å²) in [5.74, 6) is -1.70. The fourth-order valence-electron chi connectivity index (χ4n) is 4.11. The number of nitro groups is 1. The Morgan fingerprint density at radius 3 is 2.50 bits per heavy atom. The molecule has 0 aliphatic carbocycles. The van der Waals surface area contributed by atoms with Crippen LogP contribution in [0.1, 0.15) is 43.6 Å². The van der Waals surface area contributed by atoms with Gasteiger partial charge in [-0.3, -0.25) is 20.2 Å². The van der Waals surface area contributed by atoms with Crippen molar-refractivity contribution in [2.24, 2.45) is 5.92 Å². The van der Waals surface area contributed by atoms with Gasteiger partial charge in [0.15, 0.2) is 0 Å². The standard InChI is InChI=1S/C20H26BN3O6/c1-12(2)11-15(21(26)27)22-20(25)18-16(13-7-4-3-5-8-13)19(24(28)29)17(23-18)14-9-6-10-30-14/h3-10,12,15-19,23,26-27H,11H2,1-2H3,(H,22,25)/t15-,16+,17+,18+,19-/m0/s1. The second kappa shape index (κ2) is 9.42. The summed E-state index contributed by atoms with van der Waals surface area (Å²) in [5, 5.41) is 37.1. The van der Waals surface area contributed by atoms with Gasteiger partial charge in [-0.2, -0.15) is 0 Å². The molecule has 2 heterocycles. The number of rotatable bonds is 8. The average Bonchev–Trinajstić information content (AvgIpc) is 3.35. The zero-order valence-corrected chi connectivity index (χ0v) is 16.8. The Balaban J connectivity index is 1.95. The van der Waals surface area contributed by atoms with E-state index in [0.29, 0.717) is 17.7 Å². The minimum Gasteiger partial charge on any atom is -0.467 e. The van der Waals surface area contributed by atoms with Gasteiger partial charge in [0.1, 0.15) is 17.8 Å². The summed E-state index contributed by atoms with van der Waals surface area (Å²) in [6, 6.07) is 9.20. The number of benzene rings is 1. The van der Waals surface area contributed by atoms with E-state index in [1.165, 1.54) is 6.26 Å². The maximum absolute atomic E-state index is 13.2. The van der Waals surface area contributed by atoms with Gasteiger partial charge in [-0.05, 0) is 30.0 Å². The summed E-state index contributed by atoms with van der Waals surface area (Å²) in [6.45, 7) is 3.80. The van der Waals surface area contributed by atoms with Crippen LogP contribution < -0.4 is 10.6 Å². The quantitative estimate of drug-likeness (QED) is 0.289. The van der Waals surface area contributed by atoms with E-state index in [2.05, 4.69) is 10.6 Å². The van der Waals surface area contributed by atoms with Gasteiger partial charge in [-0.25, -0.2) is 0 Å². The maximum Gasteiger partial charge on any atom is 0.475 e. The first kappa shape index (κ1) is 22.0. The molecule has 5 atom stereocenters. The second-order valence-electron chi connectivity index (χ2n) is 8.01. The number of hydrogen-bond acceptors (Lipinski definition) is 7. The van der Waals surface area contributed by atoms with Crippen molar-refractivity contribution in [2.45, 2.75) is 50.3 Å². The number of furan rings is 1. The van der Waals surface area contributed by atoms with E-state index in [1.54, 1.807) is 42.5 Å². The van der Waals surface area contributed by atoms with Crippen molar-refractivity contribution in [3.05, 3.63) is 70.2 Å². The lowest BCUT2D eigenvalue weighted by molar-refractivity contribution is -0.527. The van der Waals surface area contributed by atoms with Crippen LogP contribution in [0.15, 0.2) is 53.1 Å². The van der Waals surface area contributed by atoms with E-state index in [1.807, 2.05) is 13.8 Å². The monoisotopic (exact) mass is 415 g/mol. The van der Waals surface area contributed by atoms with Crippen LogP contribution in [0, 0.1) is 16.0 Å². The van der Waals surface area contributed by atoms with Crippen LogP contribution in [0.3, 0.4) is 0 Å². The third kappa shape index (κ3) is 4.72. The number of carbonyl (C=O) groups excluding carboxylic acids is 1. The predicted molar refractivity (Wildman–Crippen MR) is 110 cm³/mol. The lowest BCUT2D eigenvalue weighted by Gasteiger charge is -2.24. The molecule has 1 aromatic heterocycles. The van der Waals surface area contributed by atoms with Gasteiger partial charge in [-0.15, -0.1) is 0 Å². The normalized spacial score (nSPS) is 24.6. The molecule has 3 rings (SSSR count). The Kier molecular flexibility index (Phi) is 6.91. The lowest BCUT2D eigenvalue weighted by atomic mass is 9.74. The van der Waals surface area contributed by atoms with Crippen molar-refractivity contribution < 1.29 is 24.2 Å². The van der Waals surface area contributed by atoms with E-state index < -0.39 is 47.9 Å². The van der Waals surface area contributed by atoms with E-state index in [0.717, 1.165) is 0 Å². The maximum atomic E-state index is 13.2. The van der Waals surface area contributed by atoms with Gasteiger partial charge >= 0.3 is 7.12 Å². The molecule has 0 unspecified atom stereocenters. The first-order valence-corrected chi connectivity index (χ1v) is 9.94. The van der Waals surface area contributed by atoms with E-state index in [4.69, 9.17) is 4.42 Å². The topological polar surface area (TPSA) is 138 Å². The van der Waals surface area contributed by atoms with Crippen LogP contribution in [-0.4, -0.2) is 46.0 Å². The zero-order valence-electron chi connectivity index (χ0n) is 16.8. The molecule has 4 N–H and O–H groups in total. The van der Waals surface area contributed by atoms with Crippen molar-refractivity contribution in [3.8, 4) is 0 Å². The van der Waals surface area contributed by atoms with Crippen LogP contribution in [0.25, 0.3) is 0 Å². The molecule has 0 bridgehead atoms. The molecule has 0 saturated carbocycles. The molecular formula is C20H26BN3O6. The van der Waals surface area contributed by atoms with Crippen molar-refractivity contribution >= 4 is 13.0 Å². The third-order valence-electron chi connectivity index (χ3n) is 5.40. The fourth-order valence-corrected chi connectivity index (χ4v) is 4.11. The molecule has 1 aliphatic heterocycles. The molecule has 160 valence electrons. The van der Waals surface area contributed by atoms with Crippen LogP contribution in [0.5, 0.6) is 0 Å². The SMILES string of the molecule is CC(C)C[C@H](NC(=O)[C@@H]1N[C@H](c2ccco2)[C@@H]([N+](=O)[O-])[C@@H]1c1ccccc1)B(O)O. The summed E-state index contributed by atoms with van der Waals surface area (Å²) in [7, 11) is -1.74. The molecule has 1 fully saturated rings. The van der Waals surface area contributed by atoms with Crippen LogP contribution in [-0.2, 0) is 4.79 Å². The van der Waals surface area contributed by atoms with Gasteiger partial charge in [0.2, 0.25) is 11.9 Å². The zero-order chi connectivity index (χ0) is 21.8. The summed E-state index contributed by atoms with van der Waals surface area (Å²) < 4.78 is 5.40. The first-order valence-electron chi connectivity index (χ1n) is 9.94. The Morgan fingerprint density at radius 1 is 1.27 bits per heavy atom. The van der Waals surface area contributed by atoms with E-state index >= 15 is 0 Å². The van der Waals surface area contributed by atoms with Crippen LogP contribution in [0.2, 0.25) is 0 Å².